The quantitative estimate of drug-likeness (QED) is 0.508. The molecule has 0 heterocycles. The second-order valence-corrected chi connectivity index (χ2v) is 0.729. The van der Waals surface area contributed by atoms with Crippen molar-refractivity contribution >= 4 is 0 Å². The van der Waals surface area contributed by atoms with Gasteiger partial charge in [-0.2, -0.15) is 8.78 Å². The number of hydrogen-bond acceptors (Lipinski definition) is 1. The van der Waals surface area contributed by atoms with Crippen molar-refractivity contribution < 1.29 is 8.78 Å². The van der Waals surface area contributed by atoms with Crippen molar-refractivity contribution in [3.05, 3.63) is 12.2 Å². The molecule has 0 aliphatic heterocycles. The molecule has 6 heavy (non-hydrogen) atoms. The van der Waals surface area contributed by atoms with Crippen LogP contribution in [0.5, 0.6) is 0 Å². The van der Waals surface area contributed by atoms with Gasteiger partial charge in [-0.1, -0.05) is 0 Å². The van der Waals surface area contributed by atoms with Crippen LogP contribution in [0.4, 0.5) is 8.78 Å². The van der Waals surface area contributed by atoms with E-state index in [1.54, 1.807) is 0 Å². The van der Waals surface area contributed by atoms with Crippen LogP contribution in [0, 0.1) is 0 Å². The summed E-state index contributed by atoms with van der Waals surface area (Å²) < 4.78 is 21.6. The van der Waals surface area contributed by atoms with Crippen LogP contribution >= 0.6 is 0 Å². The van der Waals surface area contributed by atoms with Crippen molar-refractivity contribution in [2.45, 2.75) is 0 Å². The van der Waals surface area contributed by atoms with E-state index in [0.29, 0.717) is 6.08 Å². The van der Waals surface area contributed by atoms with E-state index in [1.807, 2.05) is 0 Å². The standard InChI is InChI=1S/C3H5F2N/c4-3(5)1-2-6/h1H,2,6H2. The molecule has 0 atom stereocenters. The molecule has 1 nitrogen and oxygen atoms in total. The van der Waals surface area contributed by atoms with E-state index in [0.717, 1.165) is 0 Å². The van der Waals surface area contributed by atoms with E-state index < -0.39 is 6.08 Å². The Morgan fingerprint density at radius 1 is 1.67 bits per heavy atom. The molecule has 0 bridgehead atoms. The molecule has 0 amide bonds. The third-order valence-electron chi connectivity index (χ3n) is 0.272. The summed E-state index contributed by atoms with van der Waals surface area (Å²) in [6, 6.07) is 0. The molecular formula is C3H5F2N. The van der Waals surface area contributed by atoms with Crippen molar-refractivity contribution in [1.29, 1.82) is 0 Å². The predicted octanol–water partition coefficient (Wildman–Crippen LogP) is 0.726. The van der Waals surface area contributed by atoms with Crippen LogP contribution in [0.15, 0.2) is 12.2 Å². The Kier molecular flexibility index (Phi) is 2.58. The van der Waals surface area contributed by atoms with Gasteiger partial charge in [-0.15, -0.1) is 0 Å². The lowest BCUT2D eigenvalue weighted by Gasteiger charge is -1.72. The molecule has 0 unspecified atom stereocenters. The highest BCUT2D eigenvalue weighted by Crippen LogP contribution is 1.92. The zero-order valence-corrected chi connectivity index (χ0v) is 3.12. The Balaban J connectivity index is 3.14. The molecule has 0 aromatic carbocycles. The fourth-order valence-electron chi connectivity index (χ4n) is 0.0891. The summed E-state index contributed by atoms with van der Waals surface area (Å²) in [6.07, 6.45) is -1.06. The predicted molar refractivity (Wildman–Crippen MR) is 19.4 cm³/mol. The van der Waals surface area contributed by atoms with Crippen LogP contribution in [0.2, 0.25) is 0 Å². The van der Waals surface area contributed by atoms with Gasteiger partial charge in [0, 0.05) is 6.54 Å². The average molecular weight is 93.1 g/mol. The van der Waals surface area contributed by atoms with E-state index in [-0.39, 0.29) is 6.54 Å². The molecule has 36 valence electrons. The smallest absolute Gasteiger partial charge is 0.267 e. The van der Waals surface area contributed by atoms with Gasteiger partial charge in [0.1, 0.15) is 0 Å². The van der Waals surface area contributed by atoms with Gasteiger partial charge in [0.25, 0.3) is 6.08 Å². The maximum Gasteiger partial charge on any atom is 0.267 e. The molecule has 0 aliphatic carbocycles. The Labute approximate surface area is 34.5 Å². The summed E-state index contributed by atoms with van der Waals surface area (Å²) in [6.45, 7) is -0.0810. The first-order chi connectivity index (χ1) is 2.77. The Morgan fingerprint density at radius 3 is 2.17 bits per heavy atom. The number of nitrogens with two attached hydrogens (primary N) is 1. The molecule has 0 rings (SSSR count). The SMILES string of the molecule is NCC=C(F)F. The van der Waals surface area contributed by atoms with Gasteiger partial charge in [-0.25, -0.2) is 0 Å². The van der Waals surface area contributed by atoms with Gasteiger partial charge in [0.05, 0.1) is 0 Å². The molecule has 0 aromatic heterocycles. The molecule has 0 fully saturated rings. The normalized spacial score (nSPS) is 7.83. The largest absolute Gasteiger partial charge is 0.327 e. The number of rotatable bonds is 1. The minimum absolute atomic E-state index is 0.0810. The van der Waals surface area contributed by atoms with E-state index in [4.69, 9.17) is 0 Å². The van der Waals surface area contributed by atoms with Crippen molar-refractivity contribution in [2.75, 3.05) is 6.54 Å². The molecule has 3 heteroatoms. The lowest BCUT2D eigenvalue weighted by Crippen LogP contribution is -1.92. The highest BCUT2D eigenvalue weighted by molar-refractivity contribution is 4.80. The molecule has 0 saturated heterocycles. The third kappa shape index (κ3) is 3.56. The maximum atomic E-state index is 10.8. The van der Waals surface area contributed by atoms with Crippen LogP contribution in [-0.4, -0.2) is 6.54 Å². The van der Waals surface area contributed by atoms with E-state index >= 15 is 0 Å². The molecule has 0 aromatic rings. The molecule has 2 N–H and O–H groups in total. The van der Waals surface area contributed by atoms with Crippen LogP contribution < -0.4 is 5.73 Å². The van der Waals surface area contributed by atoms with Crippen molar-refractivity contribution in [3.63, 3.8) is 0 Å². The zero-order chi connectivity index (χ0) is 4.99. The Hall–Kier alpha value is -0.440. The van der Waals surface area contributed by atoms with Gasteiger partial charge in [-0.05, 0) is 6.08 Å². The van der Waals surface area contributed by atoms with Crippen molar-refractivity contribution in [1.82, 2.24) is 0 Å². The molecule has 0 saturated carbocycles. The minimum atomic E-state index is -1.71. The summed E-state index contributed by atoms with van der Waals surface area (Å²) in [4.78, 5) is 0. The molecule has 0 spiro atoms. The van der Waals surface area contributed by atoms with E-state index in [9.17, 15) is 8.78 Å². The fraction of sp³-hybridized carbons (Fsp3) is 0.333. The monoisotopic (exact) mass is 93.0 g/mol. The van der Waals surface area contributed by atoms with Crippen LogP contribution in [0.25, 0.3) is 0 Å². The fourth-order valence-corrected chi connectivity index (χ4v) is 0.0891. The Bertz CT molecular complexity index is 55.8. The van der Waals surface area contributed by atoms with Gasteiger partial charge in [0.2, 0.25) is 0 Å². The van der Waals surface area contributed by atoms with Gasteiger partial charge < -0.3 is 5.73 Å². The lowest BCUT2D eigenvalue weighted by molar-refractivity contribution is 0.419. The summed E-state index contributed by atoms with van der Waals surface area (Å²) in [5.41, 5.74) is 4.67. The summed E-state index contributed by atoms with van der Waals surface area (Å²) in [7, 11) is 0. The third-order valence-corrected chi connectivity index (χ3v) is 0.272. The van der Waals surface area contributed by atoms with Crippen LogP contribution in [0.3, 0.4) is 0 Å². The molecule has 0 radical (unpaired) electrons. The first-order valence-electron chi connectivity index (χ1n) is 1.48. The van der Waals surface area contributed by atoms with Crippen LogP contribution in [0.1, 0.15) is 0 Å². The molecule has 0 aliphatic rings. The van der Waals surface area contributed by atoms with Crippen molar-refractivity contribution in [2.24, 2.45) is 5.73 Å². The maximum absolute atomic E-state index is 10.8. The summed E-state index contributed by atoms with van der Waals surface area (Å²) in [5.74, 6) is 0. The topological polar surface area (TPSA) is 26.0 Å². The lowest BCUT2D eigenvalue weighted by atomic mass is 10.6. The second-order valence-electron chi connectivity index (χ2n) is 0.729. The van der Waals surface area contributed by atoms with Crippen molar-refractivity contribution in [3.8, 4) is 0 Å². The highest BCUT2D eigenvalue weighted by Gasteiger charge is 1.78. The van der Waals surface area contributed by atoms with E-state index in [2.05, 4.69) is 5.73 Å². The van der Waals surface area contributed by atoms with Gasteiger partial charge in [0.15, 0.2) is 0 Å². The van der Waals surface area contributed by atoms with Gasteiger partial charge in [-0.3, -0.25) is 0 Å². The second kappa shape index (κ2) is 2.78. The highest BCUT2D eigenvalue weighted by atomic mass is 19.3. The summed E-state index contributed by atoms with van der Waals surface area (Å²) >= 11 is 0. The number of halogens is 2. The Morgan fingerprint density at radius 2 is 2.17 bits per heavy atom. The minimum Gasteiger partial charge on any atom is -0.327 e. The number of hydrogen-bond donors (Lipinski definition) is 1. The summed E-state index contributed by atoms with van der Waals surface area (Å²) in [5, 5.41) is 0. The van der Waals surface area contributed by atoms with E-state index in [1.165, 1.54) is 0 Å². The van der Waals surface area contributed by atoms with Crippen LogP contribution in [-0.2, 0) is 0 Å². The average Bonchev–Trinajstić information content (AvgIpc) is 1.35. The first-order valence-corrected chi connectivity index (χ1v) is 1.48. The molecular weight excluding hydrogens is 88.0 g/mol. The van der Waals surface area contributed by atoms with Gasteiger partial charge >= 0.3 is 0 Å². The first kappa shape index (κ1) is 5.56. The zero-order valence-electron chi connectivity index (χ0n) is 3.12.